The third-order valence-electron chi connectivity index (χ3n) is 2.68. The molecule has 0 aromatic carbocycles. The standard InChI is InChI=1S/C13H20N2O3S2/c1-13(18,5-7-19-2)9-15-12(17)11(16)14-8-10-4-3-6-20-10/h3-4,6,18H,5,7-9H2,1-2H3,(H,14,16)(H,15,17)/t13-/m1/s1. The zero-order valence-corrected chi connectivity index (χ0v) is 13.3. The van der Waals surface area contributed by atoms with Gasteiger partial charge in [0.25, 0.3) is 0 Å². The van der Waals surface area contributed by atoms with Crippen molar-refractivity contribution < 1.29 is 14.7 Å². The molecule has 5 nitrogen and oxygen atoms in total. The molecule has 112 valence electrons. The maximum absolute atomic E-state index is 11.6. The van der Waals surface area contributed by atoms with Crippen molar-refractivity contribution in [3.8, 4) is 0 Å². The number of aliphatic hydroxyl groups is 1. The van der Waals surface area contributed by atoms with Crippen molar-refractivity contribution in [3.63, 3.8) is 0 Å². The van der Waals surface area contributed by atoms with Crippen LogP contribution in [0.1, 0.15) is 18.2 Å². The van der Waals surface area contributed by atoms with Crippen molar-refractivity contribution in [2.45, 2.75) is 25.5 Å². The number of hydrogen-bond acceptors (Lipinski definition) is 5. The molecule has 0 aliphatic heterocycles. The van der Waals surface area contributed by atoms with Crippen LogP contribution in [0.2, 0.25) is 0 Å². The average molecular weight is 316 g/mol. The van der Waals surface area contributed by atoms with Crippen molar-refractivity contribution in [1.82, 2.24) is 10.6 Å². The minimum Gasteiger partial charge on any atom is -0.388 e. The van der Waals surface area contributed by atoms with Crippen molar-refractivity contribution in [2.24, 2.45) is 0 Å². The van der Waals surface area contributed by atoms with Gasteiger partial charge in [-0.3, -0.25) is 9.59 Å². The number of thiophene rings is 1. The van der Waals surface area contributed by atoms with Crippen LogP contribution in [-0.2, 0) is 16.1 Å². The number of nitrogens with one attached hydrogen (secondary N) is 2. The topological polar surface area (TPSA) is 78.4 Å². The summed E-state index contributed by atoms with van der Waals surface area (Å²) >= 11 is 3.14. The zero-order chi connectivity index (χ0) is 15.0. The lowest BCUT2D eigenvalue weighted by Gasteiger charge is -2.22. The lowest BCUT2D eigenvalue weighted by molar-refractivity contribution is -0.139. The molecule has 0 fully saturated rings. The minimum absolute atomic E-state index is 0.0683. The normalized spacial score (nSPS) is 13.6. The SMILES string of the molecule is CSCC[C@@](C)(O)CNC(=O)C(=O)NCc1cccs1. The molecule has 1 aromatic rings. The summed E-state index contributed by atoms with van der Waals surface area (Å²) in [5.41, 5.74) is -0.993. The monoisotopic (exact) mass is 316 g/mol. The Bertz CT molecular complexity index is 433. The summed E-state index contributed by atoms with van der Waals surface area (Å²) in [4.78, 5) is 24.1. The van der Waals surface area contributed by atoms with Crippen LogP contribution in [0.15, 0.2) is 17.5 Å². The fraction of sp³-hybridized carbons (Fsp3) is 0.538. The van der Waals surface area contributed by atoms with E-state index in [0.717, 1.165) is 10.6 Å². The molecule has 7 heteroatoms. The Kier molecular flexibility index (Phi) is 7.04. The molecule has 0 unspecified atom stereocenters. The number of amides is 2. The predicted molar refractivity (Wildman–Crippen MR) is 82.8 cm³/mol. The van der Waals surface area contributed by atoms with E-state index in [0.29, 0.717) is 13.0 Å². The first kappa shape index (κ1) is 17.0. The van der Waals surface area contributed by atoms with E-state index in [4.69, 9.17) is 0 Å². The van der Waals surface area contributed by atoms with Gasteiger partial charge in [-0.1, -0.05) is 6.07 Å². The summed E-state index contributed by atoms with van der Waals surface area (Å²) in [6.07, 6.45) is 2.51. The van der Waals surface area contributed by atoms with Crippen LogP contribution in [0.3, 0.4) is 0 Å². The van der Waals surface area contributed by atoms with E-state index in [9.17, 15) is 14.7 Å². The second kappa shape index (κ2) is 8.28. The van der Waals surface area contributed by atoms with E-state index in [2.05, 4.69) is 10.6 Å². The van der Waals surface area contributed by atoms with Crippen LogP contribution in [0.5, 0.6) is 0 Å². The molecule has 0 aliphatic carbocycles. The van der Waals surface area contributed by atoms with Crippen LogP contribution in [0.4, 0.5) is 0 Å². The van der Waals surface area contributed by atoms with Crippen molar-refractivity contribution in [3.05, 3.63) is 22.4 Å². The quantitative estimate of drug-likeness (QED) is 0.655. The Balaban J connectivity index is 2.29. The molecule has 0 saturated carbocycles. The van der Waals surface area contributed by atoms with Gasteiger partial charge in [0.2, 0.25) is 0 Å². The molecule has 0 bridgehead atoms. The lowest BCUT2D eigenvalue weighted by Crippen LogP contribution is -2.46. The largest absolute Gasteiger partial charge is 0.388 e. The summed E-state index contributed by atoms with van der Waals surface area (Å²) in [7, 11) is 0. The van der Waals surface area contributed by atoms with Crippen LogP contribution < -0.4 is 10.6 Å². The van der Waals surface area contributed by atoms with Gasteiger partial charge in [0.15, 0.2) is 0 Å². The van der Waals surface area contributed by atoms with Gasteiger partial charge in [-0.2, -0.15) is 11.8 Å². The van der Waals surface area contributed by atoms with Crippen molar-refractivity contribution >= 4 is 34.9 Å². The maximum Gasteiger partial charge on any atom is 0.309 e. The Morgan fingerprint density at radius 3 is 2.70 bits per heavy atom. The number of carbonyl (C=O) groups is 2. The highest BCUT2D eigenvalue weighted by atomic mass is 32.2. The molecule has 0 spiro atoms. The molecule has 1 aromatic heterocycles. The van der Waals surface area contributed by atoms with E-state index in [1.807, 2.05) is 23.8 Å². The molecular formula is C13H20N2O3S2. The summed E-state index contributed by atoms with van der Waals surface area (Å²) in [5.74, 6) is -0.599. The smallest absolute Gasteiger partial charge is 0.309 e. The zero-order valence-electron chi connectivity index (χ0n) is 11.6. The average Bonchev–Trinajstić information content (AvgIpc) is 2.93. The highest BCUT2D eigenvalue weighted by Gasteiger charge is 2.22. The van der Waals surface area contributed by atoms with Gasteiger partial charge in [0.05, 0.1) is 12.1 Å². The summed E-state index contributed by atoms with van der Waals surface area (Å²) in [6.45, 7) is 2.05. The molecular weight excluding hydrogens is 296 g/mol. The minimum atomic E-state index is -0.993. The summed E-state index contributed by atoms with van der Waals surface area (Å²) < 4.78 is 0. The maximum atomic E-state index is 11.6. The Labute approximate surface area is 127 Å². The molecule has 1 rings (SSSR count). The molecule has 3 N–H and O–H groups in total. The van der Waals surface area contributed by atoms with Crippen LogP contribution in [0.25, 0.3) is 0 Å². The number of hydrogen-bond donors (Lipinski definition) is 3. The van der Waals surface area contributed by atoms with Crippen LogP contribution in [-0.4, -0.2) is 41.1 Å². The highest BCUT2D eigenvalue weighted by molar-refractivity contribution is 7.98. The van der Waals surface area contributed by atoms with Crippen molar-refractivity contribution in [2.75, 3.05) is 18.6 Å². The van der Waals surface area contributed by atoms with E-state index in [-0.39, 0.29) is 6.54 Å². The Morgan fingerprint density at radius 2 is 2.10 bits per heavy atom. The predicted octanol–water partition coefficient (Wildman–Crippen LogP) is 0.985. The number of thioether (sulfide) groups is 1. The van der Waals surface area contributed by atoms with Crippen molar-refractivity contribution in [1.29, 1.82) is 0 Å². The fourth-order valence-electron chi connectivity index (χ4n) is 1.42. The first-order valence-electron chi connectivity index (χ1n) is 6.24. The van der Waals surface area contributed by atoms with Gasteiger partial charge >= 0.3 is 11.8 Å². The van der Waals surface area contributed by atoms with Gasteiger partial charge in [0, 0.05) is 11.4 Å². The lowest BCUT2D eigenvalue weighted by atomic mass is 10.0. The van der Waals surface area contributed by atoms with Gasteiger partial charge in [0.1, 0.15) is 0 Å². The molecule has 0 aliphatic rings. The highest BCUT2D eigenvalue weighted by Crippen LogP contribution is 2.11. The van der Waals surface area contributed by atoms with E-state index < -0.39 is 17.4 Å². The number of rotatable bonds is 7. The third-order valence-corrected chi connectivity index (χ3v) is 4.17. The molecule has 0 saturated heterocycles. The molecule has 20 heavy (non-hydrogen) atoms. The van der Waals surface area contributed by atoms with Crippen LogP contribution in [0, 0.1) is 0 Å². The van der Waals surface area contributed by atoms with Crippen LogP contribution >= 0.6 is 23.1 Å². The second-order valence-electron chi connectivity index (χ2n) is 4.68. The van der Waals surface area contributed by atoms with E-state index >= 15 is 0 Å². The van der Waals surface area contributed by atoms with Gasteiger partial charge in [-0.15, -0.1) is 11.3 Å². The first-order valence-corrected chi connectivity index (χ1v) is 8.52. The fourth-order valence-corrected chi connectivity index (χ4v) is 2.71. The summed E-state index contributed by atoms with van der Waals surface area (Å²) in [5, 5.41) is 16.9. The van der Waals surface area contributed by atoms with Gasteiger partial charge in [-0.25, -0.2) is 0 Å². The molecule has 2 amide bonds. The summed E-state index contributed by atoms with van der Waals surface area (Å²) in [6, 6.07) is 3.77. The molecule has 0 radical (unpaired) electrons. The first-order chi connectivity index (χ1) is 9.44. The Hall–Kier alpha value is -1.05. The number of carbonyl (C=O) groups excluding carboxylic acids is 2. The second-order valence-corrected chi connectivity index (χ2v) is 6.70. The Morgan fingerprint density at radius 1 is 1.40 bits per heavy atom. The van der Waals surface area contributed by atoms with Gasteiger partial charge in [-0.05, 0) is 36.8 Å². The van der Waals surface area contributed by atoms with E-state index in [1.165, 1.54) is 11.3 Å². The third kappa shape index (κ3) is 6.40. The molecule has 1 atom stereocenters. The molecule has 1 heterocycles. The van der Waals surface area contributed by atoms with E-state index in [1.54, 1.807) is 18.7 Å². The van der Waals surface area contributed by atoms with Gasteiger partial charge < -0.3 is 15.7 Å².